The fourth-order valence-corrected chi connectivity index (χ4v) is 3.34. The molecule has 25 heavy (non-hydrogen) atoms. The van der Waals surface area contributed by atoms with Crippen molar-refractivity contribution < 1.29 is 4.79 Å². The zero-order valence-corrected chi connectivity index (χ0v) is 15.2. The van der Waals surface area contributed by atoms with Crippen LogP contribution in [0.1, 0.15) is 35.3 Å². The van der Waals surface area contributed by atoms with Crippen LogP contribution in [0.5, 0.6) is 0 Å². The highest BCUT2D eigenvalue weighted by atomic mass is 16.2. The van der Waals surface area contributed by atoms with Crippen LogP contribution in [0.15, 0.2) is 30.5 Å². The third-order valence-electron chi connectivity index (χ3n) is 5.01. The fraction of sp³-hybridized carbons (Fsp3) is 0.474. The number of nitrogens with zero attached hydrogens (tertiary/aromatic N) is 3. The van der Waals surface area contributed by atoms with Gasteiger partial charge in [-0.15, -0.1) is 0 Å². The number of nitrogens with one attached hydrogen (secondary N) is 2. The molecule has 6 nitrogen and oxygen atoms in total. The summed E-state index contributed by atoms with van der Waals surface area (Å²) in [6.07, 6.45) is 2.89. The molecule has 0 saturated carbocycles. The van der Waals surface area contributed by atoms with E-state index in [4.69, 9.17) is 0 Å². The Bertz CT molecular complexity index is 739. The van der Waals surface area contributed by atoms with Gasteiger partial charge in [-0.25, -0.2) is 4.79 Å². The summed E-state index contributed by atoms with van der Waals surface area (Å²) in [6.45, 7) is 7.50. The van der Waals surface area contributed by atoms with Crippen molar-refractivity contribution in [2.24, 2.45) is 7.05 Å². The second kappa shape index (κ2) is 7.70. The van der Waals surface area contributed by atoms with Crippen molar-refractivity contribution in [3.8, 4) is 0 Å². The Morgan fingerprint density at radius 3 is 2.80 bits per heavy atom. The van der Waals surface area contributed by atoms with E-state index in [0.29, 0.717) is 6.54 Å². The molecule has 1 aromatic heterocycles. The summed E-state index contributed by atoms with van der Waals surface area (Å²) >= 11 is 0. The lowest BCUT2D eigenvalue weighted by Crippen LogP contribution is -2.42. The van der Waals surface area contributed by atoms with Crippen LogP contribution in [0, 0.1) is 6.92 Å². The van der Waals surface area contributed by atoms with E-state index >= 15 is 0 Å². The molecule has 1 aromatic carbocycles. The Labute approximate surface area is 149 Å². The van der Waals surface area contributed by atoms with Crippen LogP contribution in [-0.4, -0.2) is 40.3 Å². The first-order valence-electron chi connectivity index (χ1n) is 8.86. The topological polar surface area (TPSA) is 62.2 Å². The molecule has 2 N–H and O–H groups in total. The molecule has 2 aromatic rings. The van der Waals surface area contributed by atoms with E-state index in [9.17, 15) is 4.79 Å². The smallest absolute Gasteiger partial charge is 0.315 e. The first-order chi connectivity index (χ1) is 12.0. The lowest BCUT2D eigenvalue weighted by molar-refractivity contribution is 0.228. The molecule has 2 heterocycles. The Kier molecular flexibility index (Phi) is 5.38. The third kappa shape index (κ3) is 4.20. The zero-order valence-electron chi connectivity index (χ0n) is 15.2. The maximum atomic E-state index is 12.1. The van der Waals surface area contributed by atoms with Gasteiger partial charge in [-0.1, -0.05) is 24.3 Å². The molecule has 0 aliphatic carbocycles. The molecule has 1 atom stereocenters. The molecule has 0 fully saturated rings. The van der Waals surface area contributed by atoms with Crippen LogP contribution in [-0.2, 0) is 20.0 Å². The van der Waals surface area contributed by atoms with E-state index in [2.05, 4.69) is 44.9 Å². The number of hydrogen-bond acceptors (Lipinski definition) is 3. The van der Waals surface area contributed by atoms with Crippen LogP contribution >= 0.6 is 0 Å². The van der Waals surface area contributed by atoms with Crippen LogP contribution in [0.3, 0.4) is 0 Å². The standard InChI is InChI=1S/C19H27N5O/c1-14(18-12-21-23(3)15(18)2)22-19(25)20-9-11-24-10-8-16-6-4-5-7-17(16)13-24/h4-7,12,14H,8-11,13H2,1-3H3,(H2,20,22,25)/t14-/m1/s1. The molecule has 0 bridgehead atoms. The summed E-state index contributed by atoms with van der Waals surface area (Å²) in [5, 5.41) is 10.2. The van der Waals surface area contributed by atoms with Gasteiger partial charge in [0.25, 0.3) is 0 Å². The normalized spacial score (nSPS) is 15.5. The minimum absolute atomic E-state index is 0.0597. The van der Waals surface area contributed by atoms with Crippen molar-refractivity contribution in [3.63, 3.8) is 0 Å². The minimum Gasteiger partial charge on any atom is -0.337 e. The molecule has 0 spiro atoms. The van der Waals surface area contributed by atoms with Crippen LogP contribution in [0.25, 0.3) is 0 Å². The van der Waals surface area contributed by atoms with Gasteiger partial charge in [0.05, 0.1) is 12.2 Å². The molecule has 134 valence electrons. The summed E-state index contributed by atoms with van der Waals surface area (Å²) in [4.78, 5) is 14.5. The highest BCUT2D eigenvalue weighted by molar-refractivity contribution is 5.74. The number of urea groups is 1. The number of hydrogen-bond donors (Lipinski definition) is 2. The SMILES string of the molecule is Cc1c([C@@H](C)NC(=O)NCCN2CCc3ccccc3C2)cnn1C. The molecule has 0 saturated heterocycles. The number of fused-ring (bicyclic) bond motifs is 1. The predicted molar refractivity (Wildman–Crippen MR) is 98.3 cm³/mol. The maximum Gasteiger partial charge on any atom is 0.315 e. The second-order valence-electron chi connectivity index (χ2n) is 6.73. The van der Waals surface area contributed by atoms with E-state index in [-0.39, 0.29) is 12.1 Å². The molecule has 1 aliphatic rings. The summed E-state index contributed by atoms with van der Waals surface area (Å²) < 4.78 is 1.82. The number of aryl methyl sites for hydroxylation is 1. The van der Waals surface area contributed by atoms with Gasteiger partial charge >= 0.3 is 6.03 Å². The van der Waals surface area contributed by atoms with Gasteiger partial charge in [0.1, 0.15) is 0 Å². The van der Waals surface area contributed by atoms with Crippen LogP contribution in [0.4, 0.5) is 4.79 Å². The van der Waals surface area contributed by atoms with Crippen molar-refractivity contribution in [2.45, 2.75) is 32.9 Å². The Balaban J connectivity index is 1.42. The summed E-state index contributed by atoms with van der Waals surface area (Å²) in [5.41, 5.74) is 4.97. The molecule has 1 aliphatic heterocycles. The minimum atomic E-state index is -0.131. The number of amides is 2. The lowest BCUT2D eigenvalue weighted by atomic mass is 10.00. The van der Waals surface area contributed by atoms with Gasteiger partial charge in [0, 0.05) is 44.5 Å². The maximum absolute atomic E-state index is 12.1. The van der Waals surface area contributed by atoms with E-state index in [1.54, 1.807) is 0 Å². The third-order valence-corrected chi connectivity index (χ3v) is 5.01. The van der Waals surface area contributed by atoms with Crippen molar-refractivity contribution in [2.75, 3.05) is 19.6 Å². The van der Waals surface area contributed by atoms with Crippen LogP contribution in [0.2, 0.25) is 0 Å². The molecular weight excluding hydrogens is 314 g/mol. The van der Waals surface area contributed by atoms with Gasteiger partial charge in [-0.3, -0.25) is 9.58 Å². The molecule has 0 radical (unpaired) electrons. The molecular formula is C19H27N5O. The van der Waals surface area contributed by atoms with E-state index in [1.807, 2.05) is 31.8 Å². The number of benzene rings is 1. The molecule has 2 amide bonds. The summed E-state index contributed by atoms with van der Waals surface area (Å²) in [7, 11) is 1.91. The summed E-state index contributed by atoms with van der Waals surface area (Å²) in [6, 6.07) is 8.41. The Morgan fingerprint density at radius 1 is 1.32 bits per heavy atom. The predicted octanol–water partition coefficient (Wildman–Crippen LogP) is 2.15. The van der Waals surface area contributed by atoms with Crippen molar-refractivity contribution >= 4 is 6.03 Å². The first-order valence-corrected chi connectivity index (χ1v) is 8.86. The quantitative estimate of drug-likeness (QED) is 0.876. The van der Waals surface area contributed by atoms with Crippen LogP contribution < -0.4 is 10.6 Å². The van der Waals surface area contributed by atoms with E-state index in [1.165, 1.54) is 11.1 Å². The molecule has 6 heteroatoms. The van der Waals surface area contributed by atoms with Crippen molar-refractivity contribution in [1.29, 1.82) is 0 Å². The number of carbonyl (C=O) groups is 1. The van der Waals surface area contributed by atoms with Gasteiger partial charge in [0.15, 0.2) is 0 Å². The number of carbonyl (C=O) groups excluding carboxylic acids is 1. The Morgan fingerprint density at radius 2 is 2.08 bits per heavy atom. The number of aromatic nitrogens is 2. The second-order valence-corrected chi connectivity index (χ2v) is 6.73. The van der Waals surface area contributed by atoms with Gasteiger partial charge < -0.3 is 10.6 Å². The van der Waals surface area contributed by atoms with Crippen molar-refractivity contribution in [3.05, 3.63) is 52.8 Å². The van der Waals surface area contributed by atoms with Gasteiger partial charge in [-0.2, -0.15) is 5.10 Å². The largest absolute Gasteiger partial charge is 0.337 e. The van der Waals surface area contributed by atoms with Gasteiger partial charge in [0.2, 0.25) is 0 Å². The molecule has 0 unspecified atom stereocenters. The highest BCUT2D eigenvalue weighted by Crippen LogP contribution is 2.18. The van der Waals surface area contributed by atoms with Crippen molar-refractivity contribution in [1.82, 2.24) is 25.3 Å². The van der Waals surface area contributed by atoms with E-state index in [0.717, 1.165) is 37.3 Å². The fourth-order valence-electron chi connectivity index (χ4n) is 3.34. The van der Waals surface area contributed by atoms with E-state index < -0.39 is 0 Å². The molecule has 3 rings (SSSR count). The monoisotopic (exact) mass is 341 g/mol. The number of rotatable bonds is 5. The average molecular weight is 341 g/mol. The van der Waals surface area contributed by atoms with Gasteiger partial charge in [-0.05, 0) is 31.4 Å². The highest BCUT2D eigenvalue weighted by Gasteiger charge is 2.16. The average Bonchev–Trinajstić information content (AvgIpc) is 2.94. The summed E-state index contributed by atoms with van der Waals surface area (Å²) in [5.74, 6) is 0. The Hall–Kier alpha value is -2.34. The lowest BCUT2D eigenvalue weighted by Gasteiger charge is -2.28. The zero-order chi connectivity index (χ0) is 17.8. The first kappa shape index (κ1) is 17.5.